The number of rotatable bonds is 5. The lowest BCUT2D eigenvalue weighted by Crippen LogP contribution is -2.19. The van der Waals surface area contributed by atoms with Gasteiger partial charge in [0.25, 0.3) is 11.6 Å². The van der Waals surface area contributed by atoms with Crippen LogP contribution in [0.5, 0.6) is 17.2 Å². The molecule has 1 aliphatic rings. The van der Waals surface area contributed by atoms with Crippen molar-refractivity contribution in [1.82, 2.24) is 4.98 Å². The second kappa shape index (κ2) is 6.48. The zero-order chi connectivity index (χ0) is 18.1. The van der Waals surface area contributed by atoms with Gasteiger partial charge in [0.05, 0.1) is 15.1 Å². The van der Waals surface area contributed by atoms with Gasteiger partial charge in [-0.2, -0.15) is 0 Å². The maximum atomic E-state index is 12.0. The van der Waals surface area contributed by atoms with Gasteiger partial charge in [-0.25, -0.2) is 4.98 Å². The first kappa shape index (κ1) is 16.1. The summed E-state index contributed by atoms with van der Waals surface area (Å²) in [6, 6.07) is 9.37. The molecule has 0 radical (unpaired) electrons. The monoisotopic (exact) mass is 373 g/mol. The maximum absolute atomic E-state index is 12.0. The third-order valence-corrected chi connectivity index (χ3v) is 4.48. The molecular weight excluding hydrogens is 362 g/mol. The van der Waals surface area contributed by atoms with Gasteiger partial charge in [0.2, 0.25) is 6.79 Å². The van der Waals surface area contributed by atoms with E-state index in [2.05, 4.69) is 10.3 Å². The molecule has 0 unspecified atom stereocenters. The first-order valence-corrected chi connectivity index (χ1v) is 8.27. The Labute approximate surface area is 150 Å². The fraction of sp³-hybridized carbons (Fsp3) is 0.125. The molecule has 132 valence electrons. The number of fused-ring (bicyclic) bond motifs is 2. The summed E-state index contributed by atoms with van der Waals surface area (Å²) >= 11 is 1.16. The number of anilines is 1. The Morgan fingerprint density at radius 1 is 1.27 bits per heavy atom. The summed E-state index contributed by atoms with van der Waals surface area (Å²) in [4.78, 5) is 26.6. The molecule has 1 aliphatic heterocycles. The van der Waals surface area contributed by atoms with E-state index in [1.54, 1.807) is 24.3 Å². The van der Waals surface area contributed by atoms with E-state index in [4.69, 9.17) is 14.2 Å². The zero-order valence-electron chi connectivity index (χ0n) is 13.1. The maximum Gasteiger partial charge on any atom is 0.270 e. The van der Waals surface area contributed by atoms with Crippen molar-refractivity contribution in [1.29, 1.82) is 0 Å². The fourth-order valence-electron chi connectivity index (χ4n) is 2.35. The van der Waals surface area contributed by atoms with Gasteiger partial charge >= 0.3 is 0 Å². The molecule has 0 bridgehead atoms. The molecule has 1 N–H and O–H groups in total. The predicted molar refractivity (Wildman–Crippen MR) is 93.0 cm³/mol. The number of amides is 1. The highest BCUT2D eigenvalue weighted by atomic mass is 32.1. The van der Waals surface area contributed by atoms with Crippen LogP contribution in [0.25, 0.3) is 10.2 Å². The molecule has 0 saturated heterocycles. The Hall–Kier alpha value is -3.40. The first-order valence-electron chi connectivity index (χ1n) is 7.46. The van der Waals surface area contributed by atoms with Crippen molar-refractivity contribution in [2.45, 2.75) is 0 Å². The summed E-state index contributed by atoms with van der Waals surface area (Å²) in [6.07, 6.45) is 0. The van der Waals surface area contributed by atoms with Gasteiger partial charge in [-0.1, -0.05) is 11.3 Å². The highest BCUT2D eigenvalue weighted by Crippen LogP contribution is 2.35. The number of benzene rings is 2. The molecule has 2 heterocycles. The average Bonchev–Trinajstić information content (AvgIpc) is 3.24. The Bertz CT molecular complexity index is 1020. The molecule has 0 fully saturated rings. The van der Waals surface area contributed by atoms with E-state index in [0.29, 0.717) is 32.6 Å². The smallest absolute Gasteiger partial charge is 0.270 e. The first-order chi connectivity index (χ1) is 12.6. The van der Waals surface area contributed by atoms with E-state index < -0.39 is 10.8 Å². The van der Waals surface area contributed by atoms with Crippen LogP contribution in [0, 0.1) is 10.1 Å². The van der Waals surface area contributed by atoms with Gasteiger partial charge in [-0.15, -0.1) is 0 Å². The number of nitro groups is 1. The van der Waals surface area contributed by atoms with Gasteiger partial charge in [0.1, 0.15) is 5.75 Å². The number of hydrogen-bond donors (Lipinski definition) is 1. The normalized spacial score (nSPS) is 12.2. The molecule has 3 aromatic rings. The minimum Gasteiger partial charge on any atom is -0.484 e. The highest BCUT2D eigenvalue weighted by Gasteiger charge is 2.15. The minimum atomic E-state index is -0.476. The van der Waals surface area contributed by atoms with Crippen LogP contribution in [0.2, 0.25) is 0 Å². The lowest BCUT2D eigenvalue weighted by molar-refractivity contribution is -0.384. The molecule has 4 rings (SSSR count). The molecule has 0 aliphatic carbocycles. The van der Waals surface area contributed by atoms with E-state index in [1.807, 2.05) is 0 Å². The minimum absolute atomic E-state index is 0.0230. The molecule has 2 aromatic carbocycles. The van der Waals surface area contributed by atoms with E-state index in [-0.39, 0.29) is 19.1 Å². The number of carbonyl (C=O) groups is 1. The summed E-state index contributed by atoms with van der Waals surface area (Å²) in [7, 11) is 0. The van der Waals surface area contributed by atoms with Gasteiger partial charge in [-0.3, -0.25) is 20.2 Å². The molecule has 0 spiro atoms. The fourth-order valence-corrected chi connectivity index (χ4v) is 3.27. The van der Waals surface area contributed by atoms with Crippen molar-refractivity contribution in [3.63, 3.8) is 0 Å². The molecule has 0 atom stereocenters. The third kappa shape index (κ3) is 3.22. The lowest BCUT2D eigenvalue weighted by Gasteiger charge is -2.06. The van der Waals surface area contributed by atoms with Crippen LogP contribution in [0.15, 0.2) is 36.4 Å². The molecule has 10 heteroatoms. The summed E-state index contributed by atoms with van der Waals surface area (Å²) in [6.45, 7) is -0.0508. The number of hydrogen-bond acceptors (Lipinski definition) is 8. The molecule has 0 saturated carbocycles. The highest BCUT2D eigenvalue weighted by molar-refractivity contribution is 7.22. The second-order valence-electron chi connectivity index (χ2n) is 5.28. The van der Waals surface area contributed by atoms with Crippen LogP contribution in [-0.2, 0) is 4.79 Å². The number of nitrogens with zero attached hydrogens (tertiary/aromatic N) is 2. The van der Waals surface area contributed by atoms with Crippen LogP contribution in [0.3, 0.4) is 0 Å². The van der Waals surface area contributed by atoms with Crippen molar-refractivity contribution >= 4 is 38.3 Å². The SMILES string of the molecule is O=C(COc1ccc2c(c1)OCO2)Nc1nc2ccc([N+](=O)[O-])cc2s1. The number of carbonyl (C=O) groups excluding carboxylic acids is 1. The molecular formula is C16H11N3O6S. The Kier molecular flexibility index (Phi) is 4.01. The summed E-state index contributed by atoms with van der Waals surface area (Å²) in [5.41, 5.74) is 0.553. The van der Waals surface area contributed by atoms with Gasteiger partial charge in [0, 0.05) is 18.2 Å². The van der Waals surface area contributed by atoms with Crippen LogP contribution < -0.4 is 19.5 Å². The largest absolute Gasteiger partial charge is 0.484 e. The van der Waals surface area contributed by atoms with Crippen molar-refractivity contribution in [2.24, 2.45) is 0 Å². The number of nitrogens with one attached hydrogen (secondary N) is 1. The van der Waals surface area contributed by atoms with Gasteiger partial charge in [-0.05, 0) is 18.2 Å². The lowest BCUT2D eigenvalue weighted by atomic mass is 10.3. The van der Waals surface area contributed by atoms with Crippen molar-refractivity contribution in [3.8, 4) is 17.2 Å². The van der Waals surface area contributed by atoms with Crippen LogP contribution >= 0.6 is 11.3 Å². The van der Waals surface area contributed by atoms with Crippen molar-refractivity contribution in [3.05, 3.63) is 46.5 Å². The summed E-state index contributed by atoms with van der Waals surface area (Å²) in [5.74, 6) is 1.28. The van der Waals surface area contributed by atoms with Gasteiger partial charge < -0.3 is 14.2 Å². The average molecular weight is 373 g/mol. The van der Waals surface area contributed by atoms with Crippen LogP contribution in [-0.4, -0.2) is 29.2 Å². The zero-order valence-corrected chi connectivity index (χ0v) is 13.9. The number of nitro benzene ring substituents is 1. The van der Waals surface area contributed by atoms with Gasteiger partial charge in [0.15, 0.2) is 23.2 Å². The summed E-state index contributed by atoms with van der Waals surface area (Å²) < 4.78 is 16.5. The molecule has 1 amide bonds. The summed E-state index contributed by atoms with van der Waals surface area (Å²) in [5, 5.41) is 13.8. The third-order valence-electron chi connectivity index (χ3n) is 3.54. The van der Waals surface area contributed by atoms with Crippen molar-refractivity contribution < 1.29 is 23.9 Å². The molecule has 1 aromatic heterocycles. The van der Waals surface area contributed by atoms with E-state index in [9.17, 15) is 14.9 Å². The Morgan fingerprint density at radius 3 is 2.96 bits per heavy atom. The number of aromatic nitrogens is 1. The Balaban J connectivity index is 1.40. The predicted octanol–water partition coefficient (Wildman–Crippen LogP) is 2.95. The van der Waals surface area contributed by atoms with Crippen LogP contribution in [0.1, 0.15) is 0 Å². The number of thiazole rings is 1. The second-order valence-corrected chi connectivity index (χ2v) is 6.31. The Morgan fingerprint density at radius 2 is 2.12 bits per heavy atom. The van der Waals surface area contributed by atoms with Crippen LogP contribution in [0.4, 0.5) is 10.8 Å². The van der Waals surface area contributed by atoms with E-state index >= 15 is 0 Å². The van der Waals surface area contributed by atoms with E-state index in [0.717, 1.165) is 11.3 Å². The topological polar surface area (TPSA) is 113 Å². The number of ether oxygens (including phenoxy) is 3. The standard InChI is InChI=1S/C16H11N3O6S/c20-15(7-23-10-2-4-12-13(6-10)25-8-24-12)18-16-17-11-3-1-9(19(21)22)5-14(11)26-16/h1-6H,7-8H2,(H,17,18,20). The quantitative estimate of drug-likeness (QED) is 0.540. The molecule has 26 heavy (non-hydrogen) atoms. The molecule has 9 nitrogen and oxygen atoms in total. The van der Waals surface area contributed by atoms with Crippen molar-refractivity contribution in [2.75, 3.05) is 18.7 Å². The van der Waals surface area contributed by atoms with E-state index in [1.165, 1.54) is 12.1 Å². The number of non-ortho nitro benzene ring substituents is 1.